The third kappa shape index (κ3) is 3.75. The lowest BCUT2D eigenvalue weighted by molar-refractivity contribution is 0.0128. The Balaban J connectivity index is 2.81. The second-order valence-corrected chi connectivity index (χ2v) is 5.64. The molecule has 1 fully saturated rings. The second-order valence-electron chi connectivity index (χ2n) is 5.64. The van der Waals surface area contributed by atoms with E-state index < -0.39 is 5.60 Å². The van der Waals surface area contributed by atoms with E-state index >= 15 is 0 Å². The summed E-state index contributed by atoms with van der Waals surface area (Å²) >= 11 is 0. The number of nitrogens with one attached hydrogen (secondary N) is 2. The van der Waals surface area contributed by atoms with Gasteiger partial charge in [0.1, 0.15) is 5.60 Å². The zero-order valence-corrected chi connectivity index (χ0v) is 11.8. The fourth-order valence-corrected chi connectivity index (χ4v) is 1.81. The smallest absolute Gasteiger partial charge is 0.410 e. The van der Waals surface area contributed by atoms with Gasteiger partial charge in [-0.15, -0.1) is 0 Å². The predicted octanol–water partition coefficient (Wildman–Crippen LogP) is 2.14. The maximum absolute atomic E-state index is 12.1. The quantitative estimate of drug-likeness (QED) is 0.704. The number of hydrogen-bond donors (Lipinski definition) is 2. The summed E-state index contributed by atoms with van der Waals surface area (Å²) in [4.78, 5) is 13.8. The van der Waals surface area contributed by atoms with Gasteiger partial charge in [-0.2, -0.15) is 0 Å². The van der Waals surface area contributed by atoms with Crippen LogP contribution in [0.4, 0.5) is 4.79 Å². The molecule has 5 heteroatoms. The van der Waals surface area contributed by atoms with Crippen LogP contribution in [0.2, 0.25) is 0 Å². The summed E-state index contributed by atoms with van der Waals surface area (Å²) in [5.41, 5.74) is 0.373. The largest absolute Gasteiger partial charge is 0.444 e. The molecule has 0 aromatic heterocycles. The van der Waals surface area contributed by atoms with E-state index in [0.717, 1.165) is 5.70 Å². The lowest BCUT2D eigenvalue weighted by Crippen LogP contribution is -2.56. The summed E-state index contributed by atoms with van der Waals surface area (Å²) in [5, 5.41) is 10.4. The van der Waals surface area contributed by atoms with Gasteiger partial charge in [-0.05, 0) is 40.7 Å². The number of hydrogen-bond acceptors (Lipinski definition) is 4. The Morgan fingerprint density at radius 2 is 2.11 bits per heavy atom. The molecule has 102 valence electrons. The highest BCUT2D eigenvalue weighted by Gasteiger charge is 2.33. The number of nitrogens with zero attached hydrogens (tertiary/aromatic N) is 1. The average molecular weight is 253 g/mol. The third-order valence-electron chi connectivity index (χ3n) is 2.88. The summed E-state index contributed by atoms with van der Waals surface area (Å²) in [6, 6.07) is 0.195. The first kappa shape index (κ1) is 14.5. The molecule has 1 heterocycles. The third-order valence-corrected chi connectivity index (χ3v) is 2.88. The molecule has 0 saturated carbocycles. The number of carbonyl (C=O) groups is 1. The SMILES string of the molecule is C[C@@H]1N/C(=C\C=N)CN(C(=O)OC(C)(C)C)[C@H]1C. The van der Waals surface area contributed by atoms with Gasteiger partial charge < -0.3 is 15.5 Å². The minimum absolute atomic E-state index is 0.0581. The van der Waals surface area contributed by atoms with Crippen molar-refractivity contribution in [1.29, 1.82) is 5.41 Å². The fourth-order valence-electron chi connectivity index (χ4n) is 1.81. The molecule has 0 aromatic rings. The maximum atomic E-state index is 12.1. The van der Waals surface area contributed by atoms with Crippen molar-refractivity contribution in [2.75, 3.05) is 6.54 Å². The minimum Gasteiger partial charge on any atom is -0.444 e. The van der Waals surface area contributed by atoms with Crippen molar-refractivity contribution < 1.29 is 9.53 Å². The van der Waals surface area contributed by atoms with Crippen LogP contribution in [0, 0.1) is 5.41 Å². The van der Waals surface area contributed by atoms with Crippen LogP contribution in [0.1, 0.15) is 34.6 Å². The van der Waals surface area contributed by atoms with Gasteiger partial charge in [0.15, 0.2) is 0 Å². The van der Waals surface area contributed by atoms with Crippen molar-refractivity contribution in [3.05, 3.63) is 11.8 Å². The molecule has 5 nitrogen and oxygen atoms in total. The first-order valence-corrected chi connectivity index (χ1v) is 6.20. The Labute approximate surface area is 109 Å². The monoisotopic (exact) mass is 253 g/mol. The highest BCUT2D eigenvalue weighted by Crippen LogP contribution is 2.18. The van der Waals surface area contributed by atoms with Gasteiger partial charge in [-0.25, -0.2) is 4.79 Å². The molecule has 0 spiro atoms. The van der Waals surface area contributed by atoms with Gasteiger partial charge in [0.05, 0.1) is 12.6 Å². The fraction of sp³-hybridized carbons (Fsp3) is 0.692. The number of amides is 1. The summed E-state index contributed by atoms with van der Waals surface area (Å²) < 4.78 is 5.40. The van der Waals surface area contributed by atoms with E-state index in [4.69, 9.17) is 10.1 Å². The van der Waals surface area contributed by atoms with Crippen LogP contribution in [-0.4, -0.2) is 41.4 Å². The van der Waals surface area contributed by atoms with E-state index in [-0.39, 0.29) is 18.2 Å². The lowest BCUT2D eigenvalue weighted by atomic mass is 10.1. The van der Waals surface area contributed by atoms with Crippen LogP contribution in [-0.2, 0) is 4.74 Å². The molecule has 1 amide bonds. The van der Waals surface area contributed by atoms with Crippen molar-refractivity contribution in [2.45, 2.75) is 52.3 Å². The molecule has 1 saturated heterocycles. The van der Waals surface area contributed by atoms with Gasteiger partial charge in [0.2, 0.25) is 0 Å². The zero-order valence-electron chi connectivity index (χ0n) is 11.8. The predicted molar refractivity (Wildman–Crippen MR) is 71.9 cm³/mol. The number of ether oxygens (including phenoxy) is 1. The molecule has 2 N–H and O–H groups in total. The molecule has 1 aliphatic heterocycles. The van der Waals surface area contributed by atoms with E-state index in [1.54, 1.807) is 11.0 Å². The maximum Gasteiger partial charge on any atom is 0.410 e. The Kier molecular flexibility index (Phi) is 4.38. The average Bonchev–Trinajstić information content (AvgIpc) is 2.20. The van der Waals surface area contributed by atoms with Crippen LogP contribution in [0.3, 0.4) is 0 Å². The zero-order chi connectivity index (χ0) is 13.9. The lowest BCUT2D eigenvalue weighted by Gasteiger charge is -2.40. The van der Waals surface area contributed by atoms with Crippen LogP contribution in [0.25, 0.3) is 0 Å². The standard InChI is InChI=1S/C13H23N3O2/c1-9-10(2)16(8-11(15-9)6-7-14)12(17)18-13(3,4)5/h6-7,9-10,14-15H,8H2,1-5H3/b11-6-,14-7?/t9-,10-/m0/s1. The first-order valence-electron chi connectivity index (χ1n) is 6.20. The van der Waals surface area contributed by atoms with Crippen LogP contribution in [0.15, 0.2) is 11.8 Å². The van der Waals surface area contributed by atoms with Crippen LogP contribution < -0.4 is 5.32 Å². The van der Waals surface area contributed by atoms with Gasteiger partial charge in [0, 0.05) is 18.0 Å². The first-order chi connectivity index (χ1) is 8.24. The van der Waals surface area contributed by atoms with Crippen molar-refractivity contribution in [2.24, 2.45) is 0 Å². The molecule has 0 aliphatic carbocycles. The van der Waals surface area contributed by atoms with Crippen molar-refractivity contribution in [3.63, 3.8) is 0 Å². The Hall–Kier alpha value is -1.52. The van der Waals surface area contributed by atoms with Crippen molar-refractivity contribution in [3.8, 4) is 0 Å². The summed E-state index contributed by atoms with van der Waals surface area (Å²) in [7, 11) is 0. The van der Waals surface area contributed by atoms with E-state index in [1.165, 1.54) is 6.21 Å². The van der Waals surface area contributed by atoms with E-state index in [9.17, 15) is 4.79 Å². The molecule has 2 atom stereocenters. The van der Waals surface area contributed by atoms with Gasteiger partial charge in [-0.1, -0.05) is 0 Å². The van der Waals surface area contributed by atoms with Crippen molar-refractivity contribution in [1.82, 2.24) is 10.2 Å². The summed E-state index contributed by atoms with van der Waals surface area (Å²) in [6.07, 6.45) is 2.58. The van der Waals surface area contributed by atoms with Gasteiger partial charge in [0.25, 0.3) is 0 Å². The van der Waals surface area contributed by atoms with Crippen molar-refractivity contribution >= 4 is 12.3 Å². The molecule has 0 unspecified atom stereocenters. The summed E-state index contributed by atoms with van der Waals surface area (Å²) in [5.74, 6) is 0. The topological polar surface area (TPSA) is 65.4 Å². The molecule has 1 aliphatic rings. The van der Waals surface area contributed by atoms with Gasteiger partial charge in [-0.3, -0.25) is 4.90 Å². The molecule has 0 radical (unpaired) electrons. The van der Waals surface area contributed by atoms with Crippen LogP contribution >= 0.6 is 0 Å². The van der Waals surface area contributed by atoms with E-state index in [2.05, 4.69) is 5.32 Å². The number of rotatable bonds is 1. The number of allylic oxidation sites excluding steroid dienone is 1. The highest BCUT2D eigenvalue weighted by molar-refractivity contribution is 5.71. The second kappa shape index (κ2) is 5.42. The molecule has 18 heavy (non-hydrogen) atoms. The number of piperazine rings is 1. The molecular formula is C13H23N3O2. The molecule has 1 rings (SSSR count). The number of carbonyl (C=O) groups excluding carboxylic acids is 1. The minimum atomic E-state index is -0.490. The summed E-state index contributed by atoms with van der Waals surface area (Å²) in [6.45, 7) is 10.0. The molecule has 0 aromatic carbocycles. The van der Waals surface area contributed by atoms with Gasteiger partial charge >= 0.3 is 6.09 Å². The highest BCUT2D eigenvalue weighted by atomic mass is 16.6. The molecule has 0 bridgehead atoms. The van der Waals surface area contributed by atoms with E-state index in [1.807, 2.05) is 34.6 Å². The normalized spacial score (nSPS) is 26.7. The Bertz CT molecular complexity index is 358. The Morgan fingerprint density at radius 1 is 1.50 bits per heavy atom. The van der Waals surface area contributed by atoms with E-state index in [0.29, 0.717) is 6.54 Å². The molecular weight excluding hydrogens is 230 g/mol. The van der Waals surface area contributed by atoms with Crippen LogP contribution in [0.5, 0.6) is 0 Å². The Morgan fingerprint density at radius 3 is 2.61 bits per heavy atom.